The van der Waals surface area contributed by atoms with Crippen molar-refractivity contribution in [3.05, 3.63) is 44.6 Å². The molecule has 1 fully saturated rings. The molecule has 0 saturated carbocycles. The van der Waals surface area contributed by atoms with Crippen LogP contribution in [0.25, 0.3) is 0 Å². The fourth-order valence-electron chi connectivity index (χ4n) is 3.96. The minimum atomic E-state index is -0.399. The minimum absolute atomic E-state index is 0.0564. The number of benzene rings is 1. The lowest BCUT2D eigenvalue weighted by Gasteiger charge is -2.25. The molecule has 0 aliphatic carbocycles. The third kappa shape index (κ3) is 3.23. The van der Waals surface area contributed by atoms with Gasteiger partial charge in [-0.25, -0.2) is 9.78 Å². The Morgan fingerprint density at radius 2 is 2.22 bits per heavy atom. The Balaban J connectivity index is 1.64. The van der Waals surface area contributed by atoms with Crippen LogP contribution in [0.15, 0.2) is 28.9 Å². The Kier molecular flexibility index (Phi) is 4.67. The van der Waals surface area contributed by atoms with Crippen LogP contribution in [-0.2, 0) is 21.4 Å². The number of ether oxygens (including phenoxy) is 1. The molecule has 6 nitrogen and oxygen atoms in total. The van der Waals surface area contributed by atoms with E-state index in [4.69, 9.17) is 4.74 Å². The van der Waals surface area contributed by atoms with E-state index in [1.54, 1.807) is 9.80 Å². The van der Waals surface area contributed by atoms with Gasteiger partial charge >= 0.3 is 6.09 Å². The number of anilines is 1. The number of nitrogens with zero attached hydrogens (tertiary/aromatic N) is 3. The normalized spacial score (nSPS) is 21.0. The number of thiazole rings is 1. The third-order valence-electron chi connectivity index (χ3n) is 5.20. The van der Waals surface area contributed by atoms with Crippen LogP contribution in [0.2, 0.25) is 0 Å². The van der Waals surface area contributed by atoms with E-state index in [9.17, 15) is 14.0 Å². The van der Waals surface area contributed by atoms with Gasteiger partial charge in [-0.2, -0.15) is 4.39 Å². The topological polar surface area (TPSA) is 62.7 Å². The van der Waals surface area contributed by atoms with Gasteiger partial charge in [-0.1, -0.05) is 27.3 Å². The number of rotatable bonds is 2. The molecule has 2 aliphatic heterocycles. The number of halogens is 2. The van der Waals surface area contributed by atoms with E-state index < -0.39 is 5.13 Å². The molecule has 3 heterocycles. The maximum Gasteiger partial charge on any atom is 0.409 e. The molecular weight excluding hydrogens is 437 g/mol. The van der Waals surface area contributed by atoms with Crippen molar-refractivity contribution in [1.29, 1.82) is 0 Å². The van der Waals surface area contributed by atoms with Crippen LogP contribution in [0, 0.1) is 5.13 Å². The van der Waals surface area contributed by atoms with Crippen molar-refractivity contribution in [1.82, 2.24) is 9.88 Å². The Hall–Kier alpha value is -2.00. The van der Waals surface area contributed by atoms with Crippen LogP contribution in [0.1, 0.15) is 17.0 Å². The monoisotopic (exact) mass is 453 g/mol. The highest BCUT2D eigenvalue weighted by atomic mass is 79.9. The van der Waals surface area contributed by atoms with Gasteiger partial charge in [0.05, 0.1) is 19.7 Å². The Morgan fingerprint density at radius 3 is 2.93 bits per heavy atom. The number of likely N-dealkylation sites (tertiary alicyclic amines) is 1. The summed E-state index contributed by atoms with van der Waals surface area (Å²) in [6, 6.07) is 5.83. The number of hydrogen-bond donors (Lipinski definition) is 0. The zero-order chi connectivity index (χ0) is 19.2. The van der Waals surface area contributed by atoms with E-state index in [1.165, 1.54) is 7.11 Å². The summed E-state index contributed by atoms with van der Waals surface area (Å²) >= 11 is 4.40. The highest BCUT2D eigenvalue weighted by Crippen LogP contribution is 2.47. The van der Waals surface area contributed by atoms with Gasteiger partial charge in [0, 0.05) is 35.2 Å². The molecule has 2 amide bonds. The molecule has 1 saturated heterocycles. The Bertz CT molecular complexity index is 921. The quantitative estimate of drug-likeness (QED) is 0.699. The van der Waals surface area contributed by atoms with Crippen molar-refractivity contribution < 1.29 is 18.7 Å². The van der Waals surface area contributed by atoms with Crippen LogP contribution in [-0.4, -0.2) is 48.6 Å². The van der Waals surface area contributed by atoms with Crippen LogP contribution in [0.4, 0.5) is 14.9 Å². The SMILES string of the molecule is COC(=O)N1CC[C@@]2(C1)CN(C(=O)Cc1ncc(F)s1)c1ccc(Br)cc12. The summed E-state index contributed by atoms with van der Waals surface area (Å²) in [4.78, 5) is 32.3. The summed E-state index contributed by atoms with van der Waals surface area (Å²) in [5, 5.41) is 0.0595. The second-order valence-electron chi connectivity index (χ2n) is 6.80. The molecule has 2 aliphatic rings. The van der Waals surface area contributed by atoms with Gasteiger partial charge in [0.25, 0.3) is 0 Å². The molecule has 0 radical (unpaired) electrons. The van der Waals surface area contributed by atoms with Gasteiger partial charge in [-0.15, -0.1) is 0 Å². The number of carbonyl (C=O) groups excluding carboxylic acids is 2. The van der Waals surface area contributed by atoms with E-state index >= 15 is 0 Å². The molecular formula is C18H17BrFN3O3S. The van der Waals surface area contributed by atoms with Crippen molar-refractivity contribution >= 4 is 45.0 Å². The second-order valence-corrected chi connectivity index (χ2v) is 8.78. The molecule has 1 atom stereocenters. The molecule has 4 rings (SSSR count). The Labute approximate surface area is 168 Å². The smallest absolute Gasteiger partial charge is 0.409 e. The average Bonchev–Trinajstić information content (AvgIpc) is 3.34. The minimum Gasteiger partial charge on any atom is -0.453 e. The van der Waals surface area contributed by atoms with Crippen LogP contribution in [0.5, 0.6) is 0 Å². The van der Waals surface area contributed by atoms with E-state index in [0.29, 0.717) is 24.6 Å². The Morgan fingerprint density at radius 1 is 1.41 bits per heavy atom. The van der Waals surface area contributed by atoms with Crippen molar-refractivity contribution in [3.8, 4) is 0 Å². The number of aromatic nitrogens is 1. The number of carbonyl (C=O) groups is 2. The van der Waals surface area contributed by atoms with E-state index in [2.05, 4.69) is 20.9 Å². The van der Waals surface area contributed by atoms with Gasteiger partial charge in [0.2, 0.25) is 5.91 Å². The van der Waals surface area contributed by atoms with E-state index in [0.717, 1.165) is 39.7 Å². The summed E-state index contributed by atoms with van der Waals surface area (Å²) in [5.41, 5.74) is 1.56. The van der Waals surface area contributed by atoms with E-state index in [1.807, 2.05) is 18.2 Å². The van der Waals surface area contributed by atoms with Gasteiger partial charge in [-0.05, 0) is 30.2 Å². The summed E-state index contributed by atoms with van der Waals surface area (Å²) in [6.07, 6.45) is 1.59. The molecule has 1 aromatic carbocycles. The number of amides is 2. The van der Waals surface area contributed by atoms with Crippen molar-refractivity contribution in [2.45, 2.75) is 18.3 Å². The van der Waals surface area contributed by atoms with Crippen LogP contribution in [0.3, 0.4) is 0 Å². The molecule has 0 unspecified atom stereocenters. The maximum atomic E-state index is 13.2. The predicted octanol–water partition coefficient (Wildman–Crippen LogP) is 3.34. The lowest BCUT2D eigenvalue weighted by molar-refractivity contribution is -0.118. The van der Waals surface area contributed by atoms with E-state index in [-0.39, 0.29) is 23.8 Å². The third-order valence-corrected chi connectivity index (χ3v) is 6.48. The second kappa shape index (κ2) is 6.87. The molecule has 9 heteroatoms. The molecule has 1 spiro atoms. The highest BCUT2D eigenvalue weighted by molar-refractivity contribution is 9.10. The molecule has 0 bridgehead atoms. The van der Waals surface area contributed by atoms with Gasteiger partial charge in [-0.3, -0.25) is 4.79 Å². The zero-order valence-electron chi connectivity index (χ0n) is 14.6. The first-order valence-corrected chi connectivity index (χ1v) is 10.1. The summed E-state index contributed by atoms with van der Waals surface area (Å²) in [5.74, 6) is -0.124. The van der Waals surface area contributed by atoms with Gasteiger partial charge in [0.1, 0.15) is 5.01 Å². The molecule has 2 aromatic rings. The highest BCUT2D eigenvalue weighted by Gasteiger charge is 2.50. The molecule has 0 N–H and O–H groups in total. The van der Waals surface area contributed by atoms with Gasteiger partial charge in [0.15, 0.2) is 5.13 Å². The average molecular weight is 454 g/mol. The summed E-state index contributed by atoms with van der Waals surface area (Å²) in [7, 11) is 1.37. The van der Waals surface area contributed by atoms with Crippen molar-refractivity contribution in [2.75, 3.05) is 31.6 Å². The summed E-state index contributed by atoms with van der Waals surface area (Å²) in [6.45, 7) is 1.57. The van der Waals surface area contributed by atoms with Gasteiger partial charge < -0.3 is 14.5 Å². The standard InChI is InChI=1S/C18H17BrFN3O3S/c1-26-17(25)22-5-4-18(9-22)10-23(13-3-2-11(19)6-12(13)18)16(24)7-15-21-8-14(20)27-15/h2-3,6,8H,4-5,7,9-10H2,1H3/t18-/m1/s1. The number of hydrogen-bond acceptors (Lipinski definition) is 5. The number of methoxy groups -OCH3 is 1. The number of fused-ring (bicyclic) bond motifs is 2. The van der Waals surface area contributed by atoms with Crippen molar-refractivity contribution in [3.63, 3.8) is 0 Å². The fraction of sp³-hybridized carbons (Fsp3) is 0.389. The zero-order valence-corrected chi connectivity index (χ0v) is 17.0. The molecule has 27 heavy (non-hydrogen) atoms. The first kappa shape index (κ1) is 18.4. The largest absolute Gasteiger partial charge is 0.453 e. The van der Waals surface area contributed by atoms with Crippen LogP contribution < -0.4 is 4.90 Å². The molecule has 1 aromatic heterocycles. The van der Waals surface area contributed by atoms with Crippen molar-refractivity contribution in [2.24, 2.45) is 0 Å². The fourth-order valence-corrected chi connectivity index (χ4v) is 4.96. The predicted molar refractivity (Wildman–Crippen MR) is 103 cm³/mol. The lowest BCUT2D eigenvalue weighted by atomic mass is 9.81. The lowest BCUT2D eigenvalue weighted by Crippen LogP contribution is -2.40. The first-order chi connectivity index (χ1) is 12.9. The van der Waals surface area contributed by atoms with Crippen LogP contribution >= 0.6 is 27.3 Å². The first-order valence-electron chi connectivity index (χ1n) is 8.45. The maximum absolute atomic E-state index is 13.2. The molecule has 142 valence electrons. The summed E-state index contributed by atoms with van der Waals surface area (Å²) < 4.78 is 19.0.